The van der Waals surface area contributed by atoms with Crippen molar-refractivity contribution in [1.82, 2.24) is 9.80 Å². The van der Waals surface area contributed by atoms with Gasteiger partial charge in [-0.1, -0.05) is 103 Å². The van der Waals surface area contributed by atoms with Crippen molar-refractivity contribution < 1.29 is 58.7 Å². The minimum atomic E-state index is -1.26. The zero-order valence-corrected chi connectivity index (χ0v) is 33.6. The number of nitrogens with zero attached hydrogens (tertiary/aromatic N) is 2. The van der Waals surface area contributed by atoms with Gasteiger partial charge >= 0.3 is 29.8 Å². The van der Waals surface area contributed by atoms with E-state index in [1.54, 1.807) is 37.3 Å². The van der Waals surface area contributed by atoms with Gasteiger partial charge in [-0.05, 0) is 41.8 Å². The summed E-state index contributed by atoms with van der Waals surface area (Å²) in [7, 11) is 0. The van der Waals surface area contributed by atoms with Gasteiger partial charge in [0.05, 0.1) is 25.2 Å². The largest absolute Gasteiger partial charge is 0.478 e. The molecule has 1 aliphatic rings. The first kappa shape index (κ1) is 47.9. The number of piperazine rings is 1. The number of carbonyl (C=O) groups excluding carboxylic acids is 2. The van der Waals surface area contributed by atoms with Crippen molar-refractivity contribution in [1.29, 1.82) is 0 Å². The van der Waals surface area contributed by atoms with Crippen LogP contribution in [0.5, 0.6) is 0 Å². The highest BCUT2D eigenvalue weighted by molar-refractivity contribution is 6.30. The first-order valence-corrected chi connectivity index (χ1v) is 19.1. The molecule has 1 aliphatic heterocycles. The van der Waals surface area contributed by atoms with Crippen LogP contribution in [0.3, 0.4) is 0 Å². The zero-order chi connectivity index (χ0) is 43.9. The van der Waals surface area contributed by atoms with Crippen LogP contribution in [0.1, 0.15) is 51.5 Å². The number of ketones is 1. The lowest BCUT2D eigenvalue weighted by Gasteiger charge is -2.39. The standard InChI is InChI=1S/C37H39ClN2O4.2C4H4O4/c1-28(32-13-8-14-33(27-32)36(41)31-11-6-3-7-12-31)37(42)44-26-25-43-24-23-39-19-21-40(22-20-39)35(29-9-4-2-5-10-29)30-15-17-34(38)18-16-30;2*5-3(6)1-2-4(7)8/h2-18,27-28,35H,19-26H2,1H3;2*1-2H,(H,5,6)(H,7,8)/b;2*2-1+. The molecule has 0 bridgehead atoms. The molecule has 0 saturated carbocycles. The fraction of sp³-hybridized carbons (Fsp3) is 0.244. The van der Waals surface area contributed by atoms with Crippen molar-refractivity contribution in [2.24, 2.45) is 0 Å². The Labute approximate surface area is 352 Å². The highest BCUT2D eigenvalue weighted by atomic mass is 35.5. The van der Waals surface area contributed by atoms with Gasteiger partial charge in [0.1, 0.15) is 6.61 Å². The van der Waals surface area contributed by atoms with E-state index in [1.807, 2.05) is 36.4 Å². The number of carbonyl (C=O) groups is 6. The number of hydrogen-bond acceptors (Lipinski definition) is 10. The van der Waals surface area contributed by atoms with Crippen LogP contribution in [-0.4, -0.2) is 118 Å². The number of hydrogen-bond donors (Lipinski definition) is 4. The number of ether oxygens (including phenoxy) is 2. The van der Waals surface area contributed by atoms with Crippen molar-refractivity contribution in [2.45, 2.75) is 18.9 Å². The van der Waals surface area contributed by atoms with Crippen LogP contribution in [0.25, 0.3) is 0 Å². The number of rotatable bonds is 17. The molecule has 0 radical (unpaired) electrons. The maximum atomic E-state index is 12.8. The molecular weight excluding hydrogens is 796 g/mol. The summed E-state index contributed by atoms with van der Waals surface area (Å²) in [4.78, 5) is 68.7. The predicted molar refractivity (Wildman–Crippen MR) is 223 cm³/mol. The lowest BCUT2D eigenvalue weighted by Crippen LogP contribution is -2.48. The molecule has 316 valence electrons. The Morgan fingerprint density at radius 2 is 1.08 bits per heavy atom. The van der Waals surface area contributed by atoms with Gasteiger partial charge in [0.15, 0.2) is 5.78 Å². The minimum Gasteiger partial charge on any atom is -0.478 e. The Kier molecular flexibility index (Phi) is 20.6. The van der Waals surface area contributed by atoms with E-state index in [0.717, 1.165) is 43.3 Å². The third-order valence-corrected chi connectivity index (χ3v) is 9.12. The van der Waals surface area contributed by atoms with Gasteiger partial charge in [-0.3, -0.25) is 19.4 Å². The van der Waals surface area contributed by atoms with Crippen molar-refractivity contribution in [3.8, 4) is 0 Å². The monoisotopic (exact) mass is 842 g/mol. The summed E-state index contributed by atoms with van der Waals surface area (Å²) in [5, 5.41) is 32.0. The van der Waals surface area contributed by atoms with E-state index in [2.05, 4.69) is 52.3 Å². The van der Waals surface area contributed by atoms with Crippen molar-refractivity contribution in [2.75, 3.05) is 52.5 Å². The van der Waals surface area contributed by atoms with Gasteiger partial charge in [-0.15, -0.1) is 0 Å². The molecule has 0 amide bonds. The molecule has 1 fully saturated rings. The van der Waals surface area contributed by atoms with Crippen LogP contribution in [-0.2, 0) is 33.4 Å². The van der Waals surface area contributed by atoms with E-state index >= 15 is 0 Å². The molecule has 60 heavy (non-hydrogen) atoms. The molecule has 5 rings (SSSR count). The Morgan fingerprint density at radius 3 is 1.62 bits per heavy atom. The van der Waals surface area contributed by atoms with Gasteiger partial charge in [0, 0.05) is 73.2 Å². The summed E-state index contributed by atoms with van der Waals surface area (Å²) in [6, 6.07) is 35.3. The number of halogens is 1. The number of benzene rings is 4. The average molecular weight is 843 g/mol. The highest BCUT2D eigenvalue weighted by Crippen LogP contribution is 2.30. The molecule has 2 unspecified atom stereocenters. The second-order valence-electron chi connectivity index (χ2n) is 13.1. The Bertz CT molecular complexity index is 2000. The molecule has 4 aromatic carbocycles. The van der Waals surface area contributed by atoms with E-state index in [-0.39, 0.29) is 24.4 Å². The van der Waals surface area contributed by atoms with Crippen LogP contribution in [0.4, 0.5) is 0 Å². The summed E-state index contributed by atoms with van der Waals surface area (Å²) >= 11 is 6.17. The zero-order valence-electron chi connectivity index (χ0n) is 32.8. The molecule has 0 aliphatic carbocycles. The Morgan fingerprint density at radius 1 is 0.600 bits per heavy atom. The van der Waals surface area contributed by atoms with Crippen molar-refractivity contribution in [3.05, 3.63) is 166 Å². The Hall–Kier alpha value is -6.45. The van der Waals surface area contributed by atoms with E-state index < -0.39 is 29.8 Å². The van der Waals surface area contributed by atoms with Crippen LogP contribution < -0.4 is 0 Å². The smallest absolute Gasteiger partial charge is 0.328 e. The average Bonchev–Trinajstić information content (AvgIpc) is 3.25. The van der Waals surface area contributed by atoms with E-state index in [0.29, 0.717) is 48.6 Å². The fourth-order valence-corrected chi connectivity index (χ4v) is 6.01. The molecule has 4 aromatic rings. The summed E-state index contributed by atoms with van der Waals surface area (Å²) in [6.45, 7) is 7.57. The molecule has 1 saturated heterocycles. The number of carboxylic acids is 4. The second-order valence-corrected chi connectivity index (χ2v) is 13.5. The lowest BCUT2D eigenvalue weighted by atomic mass is 9.96. The van der Waals surface area contributed by atoms with Crippen LogP contribution in [0.2, 0.25) is 5.02 Å². The summed E-state index contributed by atoms with van der Waals surface area (Å²) in [6.07, 6.45) is 2.23. The summed E-state index contributed by atoms with van der Waals surface area (Å²) < 4.78 is 11.3. The van der Waals surface area contributed by atoms with E-state index in [4.69, 9.17) is 41.5 Å². The first-order valence-electron chi connectivity index (χ1n) is 18.7. The fourth-order valence-electron chi connectivity index (χ4n) is 5.89. The molecule has 2 atom stereocenters. The number of aliphatic carboxylic acids is 4. The highest BCUT2D eigenvalue weighted by Gasteiger charge is 2.26. The van der Waals surface area contributed by atoms with Crippen molar-refractivity contribution >= 4 is 47.2 Å². The predicted octanol–water partition coefficient (Wildman–Crippen LogP) is 6.07. The van der Waals surface area contributed by atoms with Gasteiger partial charge in [-0.2, -0.15) is 0 Å². The third-order valence-electron chi connectivity index (χ3n) is 8.87. The quantitative estimate of drug-likeness (QED) is 0.0412. The first-order chi connectivity index (χ1) is 28.7. The molecule has 4 N–H and O–H groups in total. The normalized spacial score (nSPS) is 13.8. The molecule has 1 heterocycles. The minimum absolute atomic E-state index is 0.0691. The molecule has 0 aromatic heterocycles. The molecular formula is C45H47ClN2O12. The maximum absolute atomic E-state index is 12.8. The van der Waals surface area contributed by atoms with Gasteiger partial charge < -0.3 is 29.9 Å². The van der Waals surface area contributed by atoms with Gasteiger partial charge in [-0.25, -0.2) is 19.2 Å². The summed E-state index contributed by atoms with van der Waals surface area (Å²) in [5.41, 5.74) is 4.45. The van der Waals surface area contributed by atoms with E-state index in [9.17, 15) is 28.8 Å². The lowest BCUT2D eigenvalue weighted by molar-refractivity contribution is -0.146. The third kappa shape index (κ3) is 17.6. The molecule has 0 spiro atoms. The Balaban J connectivity index is 0.000000507. The van der Waals surface area contributed by atoms with Gasteiger partial charge in [0.2, 0.25) is 0 Å². The van der Waals surface area contributed by atoms with Crippen LogP contribution >= 0.6 is 11.6 Å². The van der Waals surface area contributed by atoms with Crippen molar-refractivity contribution in [3.63, 3.8) is 0 Å². The summed E-state index contributed by atoms with van der Waals surface area (Å²) in [5.74, 6) is -5.91. The SMILES string of the molecule is CC(C(=O)OCCOCCN1CCN(C(c2ccccc2)c2ccc(Cl)cc2)CC1)c1cccc(C(=O)c2ccccc2)c1.O=C(O)/C=C/C(=O)O.O=C(O)/C=C/C(=O)O. The topological polar surface area (TPSA) is 208 Å². The van der Waals surface area contributed by atoms with Gasteiger partial charge in [0.25, 0.3) is 0 Å². The second kappa shape index (κ2) is 25.8. The van der Waals surface area contributed by atoms with Crippen LogP contribution in [0.15, 0.2) is 133 Å². The number of esters is 1. The number of carboxylic acid groups (broad SMARTS) is 4. The molecule has 15 heteroatoms. The molecule has 14 nitrogen and oxygen atoms in total. The maximum Gasteiger partial charge on any atom is 0.328 e. The van der Waals surface area contributed by atoms with Crippen LogP contribution in [0, 0.1) is 0 Å². The van der Waals surface area contributed by atoms with E-state index in [1.165, 1.54) is 11.1 Å².